The predicted octanol–water partition coefficient (Wildman–Crippen LogP) is 0.903. The first-order valence-corrected chi connectivity index (χ1v) is 4.25. The van der Waals surface area contributed by atoms with Crippen LogP contribution in [0.15, 0.2) is 0 Å². The first-order valence-electron chi connectivity index (χ1n) is 4.25. The number of hydrogen-bond acceptors (Lipinski definition) is 2. The molecule has 2 fully saturated rings. The van der Waals surface area contributed by atoms with Crippen molar-refractivity contribution in [2.45, 2.75) is 37.9 Å². The minimum atomic E-state index is 0.577. The molecular weight excluding hydrogens is 126 g/mol. The molecule has 58 valence electrons. The predicted molar refractivity (Wildman–Crippen MR) is 39.7 cm³/mol. The second-order valence-electron chi connectivity index (χ2n) is 3.45. The zero-order valence-electron chi connectivity index (χ0n) is 6.25. The lowest BCUT2D eigenvalue weighted by molar-refractivity contribution is 0.0916. The number of rotatable bonds is 2. The molecular formula is C8H15NO. The van der Waals surface area contributed by atoms with Gasteiger partial charge in [-0.15, -0.1) is 0 Å². The van der Waals surface area contributed by atoms with Crippen molar-refractivity contribution in [3.63, 3.8) is 0 Å². The van der Waals surface area contributed by atoms with Crippen LogP contribution < -0.4 is 5.73 Å². The highest BCUT2D eigenvalue weighted by Crippen LogP contribution is 2.39. The molecule has 2 heterocycles. The van der Waals surface area contributed by atoms with Gasteiger partial charge in [0.1, 0.15) is 0 Å². The zero-order valence-corrected chi connectivity index (χ0v) is 6.25. The summed E-state index contributed by atoms with van der Waals surface area (Å²) >= 11 is 0. The smallest absolute Gasteiger partial charge is 0.0609 e. The molecule has 2 bridgehead atoms. The maximum Gasteiger partial charge on any atom is 0.0609 e. The molecule has 3 atom stereocenters. The Labute approximate surface area is 61.7 Å². The van der Waals surface area contributed by atoms with E-state index in [1.165, 1.54) is 25.7 Å². The van der Waals surface area contributed by atoms with Gasteiger partial charge in [-0.2, -0.15) is 0 Å². The van der Waals surface area contributed by atoms with Crippen molar-refractivity contribution in [3.05, 3.63) is 0 Å². The summed E-state index contributed by atoms with van der Waals surface area (Å²) in [4.78, 5) is 0. The summed E-state index contributed by atoms with van der Waals surface area (Å²) in [5.41, 5.74) is 5.48. The minimum Gasteiger partial charge on any atom is -0.375 e. The minimum absolute atomic E-state index is 0.577. The molecule has 0 aliphatic carbocycles. The third-order valence-electron chi connectivity index (χ3n) is 2.77. The quantitative estimate of drug-likeness (QED) is 0.620. The Morgan fingerprint density at radius 3 is 2.80 bits per heavy atom. The summed E-state index contributed by atoms with van der Waals surface area (Å²) in [6, 6.07) is 0. The largest absolute Gasteiger partial charge is 0.375 e. The van der Waals surface area contributed by atoms with Gasteiger partial charge in [-0.3, -0.25) is 0 Å². The van der Waals surface area contributed by atoms with Gasteiger partial charge in [-0.25, -0.2) is 0 Å². The van der Waals surface area contributed by atoms with Crippen LogP contribution in [0.5, 0.6) is 0 Å². The van der Waals surface area contributed by atoms with Crippen molar-refractivity contribution in [2.75, 3.05) is 6.54 Å². The van der Waals surface area contributed by atoms with Crippen LogP contribution in [0.1, 0.15) is 25.7 Å². The molecule has 2 aliphatic heterocycles. The Kier molecular flexibility index (Phi) is 1.66. The van der Waals surface area contributed by atoms with E-state index < -0.39 is 0 Å². The van der Waals surface area contributed by atoms with Gasteiger partial charge in [0, 0.05) is 0 Å². The van der Waals surface area contributed by atoms with Crippen LogP contribution in [-0.2, 0) is 4.74 Å². The highest BCUT2D eigenvalue weighted by molar-refractivity contribution is 4.89. The van der Waals surface area contributed by atoms with E-state index in [-0.39, 0.29) is 0 Å². The van der Waals surface area contributed by atoms with E-state index in [4.69, 9.17) is 10.5 Å². The Morgan fingerprint density at radius 1 is 1.40 bits per heavy atom. The van der Waals surface area contributed by atoms with E-state index in [1.807, 2.05) is 0 Å². The third-order valence-corrected chi connectivity index (χ3v) is 2.77. The maximum absolute atomic E-state index is 5.68. The molecule has 0 aromatic heterocycles. The SMILES string of the molecule is NCCC1CC2CCC1O2. The van der Waals surface area contributed by atoms with Crippen LogP contribution in [0.25, 0.3) is 0 Å². The molecule has 2 rings (SSSR count). The molecule has 0 radical (unpaired) electrons. The molecule has 2 N–H and O–H groups in total. The molecule has 0 spiro atoms. The monoisotopic (exact) mass is 141 g/mol. The Bertz CT molecular complexity index is 126. The van der Waals surface area contributed by atoms with Gasteiger partial charge in [0.05, 0.1) is 12.2 Å². The van der Waals surface area contributed by atoms with Crippen LogP contribution in [0.3, 0.4) is 0 Å². The van der Waals surface area contributed by atoms with E-state index >= 15 is 0 Å². The standard InChI is InChI=1S/C8H15NO/c9-4-3-6-5-7-1-2-8(6)10-7/h6-8H,1-5,9H2. The molecule has 0 aromatic carbocycles. The van der Waals surface area contributed by atoms with Crippen molar-refractivity contribution in [1.29, 1.82) is 0 Å². The van der Waals surface area contributed by atoms with Gasteiger partial charge < -0.3 is 10.5 Å². The Balaban J connectivity index is 1.90. The van der Waals surface area contributed by atoms with Crippen molar-refractivity contribution < 1.29 is 4.74 Å². The fourth-order valence-corrected chi connectivity index (χ4v) is 2.26. The highest BCUT2D eigenvalue weighted by atomic mass is 16.5. The first-order chi connectivity index (χ1) is 4.90. The van der Waals surface area contributed by atoms with Crippen molar-refractivity contribution in [2.24, 2.45) is 11.7 Å². The van der Waals surface area contributed by atoms with Crippen molar-refractivity contribution in [3.8, 4) is 0 Å². The first kappa shape index (κ1) is 6.62. The van der Waals surface area contributed by atoms with Gasteiger partial charge in [-0.1, -0.05) is 0 Å². The lowest BCUT2D eigenvalue weighted by Crippen LogP contribution is -2.19. The fraction of sp³-hybridized carbons (Fsp3) is 1.00. The molecule has 3 unspecified atom stereocenters. The number of nitrogens with two attached hydrogens (primary N) is 1. The van der Waals surface area contributed by atoms with E-state index in [0.29, 0.717) is 12.2 Å². The average molecular weight is 141 g/mol. The van der Waals surface area contributed by atoms with Crippen LogP contribution in [0.4, 0.5) is 0 Å². The third kappa shape index (κ3) is 0.956. The number of ether oxygens (including phenoxy) is 1. The van der Waals surface area contributed by atoms with Crippen LogP contribution in [0.2, 0.25) is 0 Å². The van der Waals surface area contributed by atoms with E-state index in [0.717, 1.165) is 12.5 Å². The normalized spacial score (nSPS) is 44.7. The molecule has 2 nitrogen and oxygen atoms in total. The summed E-state index contributed by atoms with van der Waals surface area (Å²) in [5.74, 6) is 0.795. The van der Waals surface area contributed by atoms with Crippen LogP contribution >= 0.6 is 0 Å². The van der Waals surface area contributed by atoms with Gasteiger partial charge in [0.2, 0.25) is 0 Å². The summed E-state index contributed by atoms with van der Waals surface area (Å²) < 4.78 is 5.68. The van der Waals surface area contributed by atoms with Gasteiger partial charge in [-0.05, 0) is 38.1 Å². The molecule has 2 saturated heterocycles. The van der Waals surface area contributed by atoms with Crippen molar-refractivity contribution in [1.82, 2.24) is 0 Å². The molecule has 10 heavy (non-hydrogen) atoms. The zero-order chi connectivity index (χ0) is 6.97. The second kappa shape index (κ2) is 2.51. The fourth-order valence-electron chi connectivity index (χ4n) is 2.26. The summed E-state index contributed by atoms with van der Waals surface area (Å²) in [5, 5.41) is 0. The summed E-state index contributed by atoms with van der Waals surface area (Å²) in [6.07, 6.45) is 6.21. The lowest BCUT2D eigenvalue weighted by Gasteiger charge is -2.16. The number of hydrogen-bond donors (Lipinski definition) is 1. The Hall–Kier alpha value is -0.0800. The van der Waals surface area contributed by atoms with Crippen LogP contribution in [-0.4, -0.2) is 18.8 Å². The van der Waals surface area contributed by atoms with Crippen molar-refractivity contribution >= 4 is 0 Å². The lowest BCUT2D eigenvalue weighted by atomic mass is 9.87. The molecule has 0 saturated carbocycles. The molecule has 0 aromatic rings. The molecule has 2 aliphatic rings. The van der Waals surface area contributed by atoms with Crippen LogP contribution in [0, 0.1) is 5.92 Å². The van der Waals surface area contributed by atoms with E-state index in [1.54, 1.807) is 0 Å². The van der Waals surface area contributed by atoms with E-state index in [2.05, 4.69) is 0 Å². The summed E-state index contributed by atoms with van der Waals surface area (Å²) in [7, 11) is 0. The van der Waals surface area contributed by atoms with E-state index in [9.17, 15) is 0 Å². The molecule has 2 heteroatoms. The maximum atomic E-state index is 5.68. The van der Waals surface area contributed by atoms with Gasteiger partial charge in [0.15, 0.2) is 0 Å². The molecule has 0 amide bonds. The topological polar surface area (TPSA) is 35.2 Å². The Morgan fingerprint density at radius 2 is 2.30 bits per heavy atom. The average Bonchev–Trinajstić information content (AvgIpc) is 2.48. The number of fused-ring (bicyclic) bond motifs is 2. The van der Waals surface area contributed by atoms with Gasteiger partial charge >= 0.3 is 0 Å². The highest BCUT2D eigenvalue weighted by Gasteiger charge is 2.39. The second-order valence-corrected chi connectivity index (χ2v) is 3.45. The summed E-state index contributed by atoms with van der Waals surface area (Å²) in [6.45, 7) is 0.831. The van der Waals surface area contributed by atoms with Gasteiger partial charge in [0.25, 0.3) is 0 Å².